The van der Waals surface area contributed by atoms with Crippen molar-refractivity contribution >= 4 is 11.9 Å². The standard InChI is InChI=1S/C15H20N8/c1-11-4-3-5-15(8-11,9-16)22-13-19-12(17-2)20-14(21-13)23-7-6-18-10-23/h6-7,10-11H,3-5,8H2,1-2H3,(H2,17,19,20,21,22)/t11-,15?/m1/s1. The summed E-state index contributed by atoms with van der Waals surface area (Å²) in [6.45, 7) is 2.18. The SMILES string of the molecule is CNc1nc(NC2(C#N)CCC[C@@H](C)C2)nc(-n2ccnc2)n1. The summed E-state index contributed by atoms with van der Waals surface area (Å²) in [4.78, 5) is 17.1. The monoisotopic (exact) mass is 312 g/mol. The van der Waals surface area contributed by atoms with E-state index in [1.807, 2.05) is 0 Å². The molecule has 2 aromatic heterocycles. The number of nitriles is 1. The van der Waals surface area contributed by atoms with E-state index in [0.717, 1.165) is 25.7 Å². The lowest BCUT2D eigenvalue weighted by atomic mass is 9.77. The second-order valence-electron chi connectivity index (χ2n) is 6.02. The molecular weight excluding hydrogens is 292 g/mol. The summed E-state index contributed by atoms with van der Waals surface area (Å²) in [6, 6.07) is 2.44. The predicted molar refractivity (Wildman–Crippen MR) is 86.1 cm³/mol. The van der Waals surface area contributed by atoms with Crippen molar-refractivity contribution in [3.8, 4) is 12.0 Å². The van der Waals surface area contributed by atoms with E-state index in [-0.39, 0.29) is 0 Å². The minimum Gasteiger partial charge on any atom is -0.357 e. The number of rotatable bonds is 4. The Kier molecular flexibility index (Phi) is 4.10. The molecule has 0 aliphatic heterocycles. The first-order valence-electron chi connectivity index (χ1n) is 7.76. The first-order valence-corrected chi connectivity index (χ1v) is 7.76. The Balaban J connectivity index is 1.93. The van der Waals surface area contributed by atoms with E-state index >= 15 is 0 Å². The lowest BCUT2D eigenvalue weighted by molar-refractivity contribution is 0.307. The van der Waals surface area contributed by atoms with Gasteiger partial charge in [-0.1, -0.05) is 13.3 Å². The van der Waals surface area contributed by atoms with Crippen LogP contribution in [0, 0.1) is 17.2 Å². The highest BCUT2D eigenvalue weighted by Crippen LogP contribution is 2.34. The van der Waals surface area contributed by atoms with Crippen LogP contribution in [-0.2, 0) is 0 Å². The Bertz CT molecular complexity index is 705. The molecule has 1 aliphatic rings. The predicted octanol–water partition coefficient (Wildman–Crippen LogP) is 1.98. The van der Waals surface area contributed by atoms with E-state index in [1.165, 1.54) is 0 Å². The van der Waals surface area contributed by atoms with Gasteiger partial charge in [0.1, 0.15) is 11.9 Å². The van der Waals surface area contributed by atoms with Crippen LogP contribution in [0.3, 0.4) is 0 Å². The van der Waals surface area contributed by atoms with Crippen LogP contribution in [-0.4, -0.2) is 37.1 Å². The first kappa shape index (κ1) is 15.2. The summed E-state index contributed by atoms with van der Waals surface area (Å²) in [7, 11) is 1.75. The Labute approximate surface area is 135 Å². The van der Waals surface area contributed by atoms with Crippen LogP contribution < -0.4 is 10.6 Å². The summed E-state index contributed by atoms with van der Waals surface area (Å²) in [5.74, 6) is 1.82. The van der Waals surface area contributed by atoms with E-state index in [0.29, 0.717) is 23.8 Å². The van der Waals surface area contributed by atoms with Crippen LogP contribution in [0.1, 0.15) is 32.6 Å². The fourth-order valence-corrected chi connectivity index (χ4v) is 3.03. The maximum absolute atomic E-state index is 9.69. The Hall–Kier alpha value is -2.69. The third kappa shape index (κ3) is 3.23. The molecule has 1 aliphatic carbocycles. The summed E-state index contributed by atoms with van der Waals surface area (Å²) in [6.07, 6.45) is 8.84. The normalized spacial score (nSPS) is 24.0. The van der Waals surface area contributed by atoms with Gasteiger partial charge in [0.15, 0.2) is 0 Å². The summed E-state index contributed by atoms with van der Waals surface area (Å²) < 4.78 is 1.70. The zero-order chi connectivity index (χ0) is 16.3. The second kappa shape index (κ2) is 6.20. The van der Waals surface area contributed by atoms with Gasteiger partial charge < -0.3 is 10.6 Å². The minimum atomic E-state index is -0.615. The van der Waals surface area contributed by atoms with Crippen molar-refractivity contribution in [3.05, 3.63) is 18.7 Å². The van der Waals surface area contributed by atoms with Gasteiger partial charge in [-0.3, -0.25) is 4.57 Å². The molecule has 1 fully saturated rings. The number of hydrogen-bond acceptors (Lipinski definition) is 7. The van der Waals surface area contributed by atoms with E-state index in [4.69, 9.17) is 0 Å². The van der Waals surface area contributed by atoms with Gasteiger partial charge in [0.2, 0.25) is 17.8 Å². The fourth-order valence-electron chi connectivity index (χ4n) is 3.03. The van der Waals surface area contributed by atoms with Gasteiger partial charge in [-0.15, -0.1) is 0 Å². The third-order valence-electron chi connectivity index (χ3n) is 4.15. The van der Waals surface area contributed by atoms with E-state index in [2.05, 4.69) is 43.6 Å². The molecule has 8 nitrogen and oxygen atoms in total. The molecule has 2 N–H and O–H groups in total. The van der Waals surface area contributed by atoms with Gasteiger partial charge in [0.25, 0.3) is 0 Å². The highest BCUT2D eigenvalue weighted by atomic mass is 15.3. The molecule has 0 amide bonds. The van der Waals surface area contributed by atoms with Crippen LogP contribution in [0.4, 0.5) is 11.9 Å². The molecule has 0 saturated heterocycles. The summed E-state index contributed by atoms with van der Waals surface area (Å²) in [5.41, 5.74) is -0.615. The molecule has 2 atom stereocenters. The van der Waals surface area contributed by atoms with Crippen molar-refractivity contribution in [1.82, 2.24) is 24.5 Å². The zero-order valence-electron chi connectivity index (χ0n) is 13.3. The highest BCUT2D eigenvalue weighted by Gasteiger charge is 2.36. The van der Waals surface area contributed by atoms with E-state index in [9.17, 15) is 5.26 Å². The van der Waals surface area contributed by atoms with E-state index in [1.54, 1.807) is 30.3 Å². The van der Waals surface area contributed by atoms with Crippen LogP contribution >= 0.6 is 0 Å². The average Bonchev–Trinajstić information content (AvgIpc) is 3.09. The highest BCUT2D eigenvalue weighted by molar-refractivity contribution is 5.42. The molecule has 0 spiro atoms. The molecule has 2 heterocycles. The molecule has 0 bridgehead atoms. The molecule has 1 unspecified atom stereocenters. The van der Waals surface area contributed by atoms with Crippen LogP contribution in [0.25, 0.3) is 5.95 Å². The van der Waals surface area contributed by atoms with Crippen LogP contribution in [0.15, 0.2) is 18.7 Å². The number of aromatic nitrogens is 5. The number of imidazole rings is 1. The maximum Gasteiger partial charge on any atom is 0.241 e. The molecule has 120 valence electrons. The molecule has 8 heteroatoms. The second-order valence-corrected chi connectivity index (χ2v) is 6.02. The smallest absolute Gasteiger partial charge is 0.241 e. The van der Waals surface area contributed by atoms with Crippen LogP contribution in [0.2, 0.25) is 0 Å². The number of nitrogens with one attached hydrogen (secondary N) is 2. The molecule has 23 heavy (non-hydrogen) atoms. The average molecular weight is 312 g/mol. The Morgan fingerprint density at radius 3 is 2.83 bits per heavy atom. The molecule has 3 rings (SSSR count). The van der Waals surface area contributed by atoms with Crippen LogP contribution in [0.5, 0.6) is 0 Å². The molecule has 1 saturated carbocycles. The van der Waals surface area contributed by atoms with Crippen molar-refractivity contribution < 1.29 is 0 Å². The topological polar surface area (TPSA) is 104 Å². The summed E-state index contributed by atoms with van der Waals surface area (Å²) >= 11 is 0. The number of nitrogens with zero attached hydrogens (tertiary/aromatic N) is 6. The number of anilines is 2. The third-order valence-corrected chi connectivity index (χ3v) is 4.15. The van der Waals surface area contributed by atoms with Crippen molar-refractivity contribution in [2.45, 2.75) is 38.1 Å². The van der Waals surface area contributed by atoms with Crippen molar-refractivity contribution in [2.24, 2.45) is 5.92 Å². The quantitative estimate of drug-likeness (QED) is 0.889. The lowest BCUT2D eigenvalue weighted by Gasteiger charge is -2.35. The largest absolute Gasteiger partial charge is 0.357 e. The van der Waals surface area contributed by atoms with Crippen molar-refractivity contribution in [2.75, 3.05) is 17.7 Å². The van der Waals surface area contributed by atoms with Gasteiger partial charge in [0, 0.05) is 19.4 Å². The van der Waals surface area contributed by atoms with E-state index < -0.39 is 5.54 Å². The van der Waals surface area contributed by atoms with Crippen molar-refractivity contribution in [1.29, 1.82) is 5.26 Å². The van der Waals surface area contributed by atoms with Gasteiger partial charge in [-0.2, -0.15) is 20.2 Å². The van der Waals surface area contributed by atoms with Gasteiger partial charge in [-0.05, 0) is 25.2 Å². The fraction of sp³-hybridized carbons (Fsp3) is 0.533. The van der Waals surface area contributed by atoms with Gasteiger partial charge in [0.05, 0.1) is 6.07 Å². The minimum absolute atomic E-state index is 0.406. The van der Waals surface area contributed by atoms with Crippen molar-refractivity contribution in [3.63, 3.8) is 0 Å². The summed E-state index contributed by atoms with van der Waals surface area (Å²) in [5, 5.41) is 15.9. The van der Waals surface area contributed by atoms with Gasteiger partial charge in [-0.25, -0.2) is 4.98 Å². The molecule has 0 aromatic carbocycles. The van der Waals surface area contributed by atoms with Gasteiger partial charge >= 0.3 is 0 Å². The molecule has 0 radical (unpaired) electrons. The molecule has 2 aromatic rings. The lowest BCUT2D eigenvalue weighted by Crippen LogP contribution is -2.41. The first-order chi connectivity index (χ1) is 11.1. The molecular formula is C15H20N8. The Morgan fingerprint density at radius 1 is 1.35 bits per heavy atom. The zero-order valence-corrected chi connectivity index (χ0v) is 13.3. The Morgan fingerprint density at radius 2 is 2.17 bits per heavy atom. The maximum atomic E-state index is 9.69. The number of hydrogen-bond donors (Lipinski definition) is 2.